The van der Waals surface area contributed by atoms with E-state index >= 15 is 0 Å². The summed E-state index contributed by atoms with van der Waals surface area (Å²) in [6, 6.07) is 14.1. The van der Waals surface area contributed by atoms with E-state index in [0.717, 1.165) is 12.1 Å². The van der Waals surface area contributed by atoms with Crippen LogP contribution in [0, 0.1) is 17.1 Å². The lowest BCUT2D eigenvalue weighted by Crippen LogP contribution is -2.15. The first-order valence-corrected chi connectivity index (χ1v) is 6.94. The van der Waals surface area contributed by atoms with Crippen LogP contribution < -0.4 is 10.1 Å². The van der Waals surface area contributed by atoms with E-state index < -0.39 is 0 Å². The van der Waals surface area contributed by atoms with Crippen molar-refractivity contribution in [1.29, 1.82) is 5.26 Å². The van der Waals surface area contributed by atoms with Crippen molar-refractivity contribution in [2.24, 2.45) is 0 Å². The molecule has 2 aromatic carbocycles. The van der Waals surface area contributed by atoms with Crippen molar-refractivity contribution in [1.82, 2.24) is 5.32 Å². The Kier molecular flexibility index (Phi) is 3.85. The Labute approximate surface area is 123 Å². The third kappa shape index (κ3) is 3.59. The Hall–Kier alpha value is -2.38. The Bertz CT molecular complexity index is 672. The first-order valence-electron chi connectivity index (χ1n) is 6.94. The highest BCUT2D eigenvalue weighted by atomic mass is 19.1. The molecular formula is C17H15FN2O. The van der Waals surface area contributed by atoms with Crippen LogP contribution in [0.25, 0.3) is 0 Å². The number of hydrogen-bond donors (Lipinski definition) is 1. The second-order valence-corrected chi connectivity index (χ2v) is 5.15. The van der Waals surface area contributed by atoms with Crippen molar-refractivity contribution in [3.63, 3.8) is 0 Å². The summed E-state index contributed by atoms with van der Waals surface area (Å²) in [7, 11) is 0. The molecule has 0 spiro atoms. The third-order valence-electron chi connectivity index (χ3n) is 3.38. The molecule has 4 heteroatoms. The molecule has 1 fully saturated rings. The van der Waals surface area contributed by atoms with Gasteiger partial charge >= 0.3 is 0 Å². The molecule has 1 saturated carbocycles. The van der Waals surface area contributed by atoms with Gasteiger partial charge in [-0.05, 0) is 54.8 Å². The van der Waals surface area contributed by atoms with Gasteiger partial charge in [-0.1, -0.05) is 6.07 Å². The number of nitriles is 1. The molecule has 0 atom stereocenters. The fourth-order valence-electron chi connectivity index (χ4n) is 2.04. The monoisotopic (exact) mass is 282 g/mol. The van der Waals surface area contributed by atoms with Crippen LogP contribution in [0.2, 0.25) is 0 Å². The molecule has 0 heterocycles. The van der Waals surface area contributed by atoms with E-state index in [4.69, 9.17) is 4.74 Å². The molecule has 0 amide bonds. The predicted molar refractivity (Wildman–Crippen MR) is 77.5 cm³/mol. The lowest BCUT2D eigenvalue weighted by molar-refractivity contribution is 0.478. The minimum Gasteiger partial charge on any atom is -0.456 e. The molecular weight excluding hydrogens is 267 g/mol. The number of halogens is 1. The smallest absolute Gasteiger partial charge is 0.145 e. The summed E-state index contributed by atoms with van der Waals surface area (Å²) in [5, 5.41) is 12.7. The number of benzene rings is 2. The van der Waals surface area contributed by atoms with Crippen LogP contribution >= 0.6 is 0 Å². The number of nitrogens with zero attached hydrogens (tertiary/aromatic N) is 1. The van der Waals surface area contributed by atoms with Gasteiger partial charge in [-0.15, -0.1) is 0 Å². The molecule has 0 aliphatic heterocycles. The summed E-state index contributed by atoms with van der Waals surface area (Å²) in [5.41, 5.74) is 1.54. The second kappa shape index (κ2) is 5.94. The van der Waals surface area contributed by atoms with E-state index in [0.29, 0.717) is 23.1 Å². The average Bonchev–Trinajstić information content (AvgIpc) is 3.33. The Morgan fingerprint density at radius 1 is 1.19 bits per heavy atom. The van der Waals surface area contributed by atoms with Crippen LogP contribution in [-0.2, 0) is 6.54 Å². The van der Waals surface area contributed by atoms with E-state index in [1.165, 1.54) is 25.0 Å². The first kappa shape index (κ1) is 13.6. The molecule has 21 heavy (non-hydrogen) atoms. The van der Waals surface area contributed by atoms with Crippen molar-refractivity contribution in [3.8, 4) is 17.6 Å². The van der Waals surface area contributed by atoms with E-state index in [2.05, 4.69) is 11.4 Å². The van der Waals surface area contributed by atoms with Gasteiger partial charge < -0.3 is 10.1 Å². The second-order valence-electron chi connectivity index (χ2n) is 5.15. The fourth-order valence-corrected chi connectivity index (χ4v) is 2.04. The van der Waals surface area contributed by atoms with Gasteiger partial charge in [0.15, 0.2) is 0 Å². The van der Waals surface area contributed by atoms with E-state index in [1.807, 2.05) is 12.1 Å². The van der Waals surface area contributed by atoms with Crippen molar-refractivity contribution in [2.75, 3.05) is 0 Å². The average molecular weight is 282 g/mol. The minimum atomic E-state index is -0.315. The molecule has 106 valence electrons. The molecule has 1 aliphatic carbocycles. The topological polar surface area (TPSA) is 45.0 Å². The lowest BCUT2D eigenvalue weighted by Gasteiger charge is -2.09. The highest BCUT2D eigenvalue weighted by Gasteiger charge is 2.20. The lowest BCUT2D eigenvalue weighted by atomic mass is 10.1. The van der Waals surface area contributed by atoms with Gasteiger partial charge in [0.25, 0.3) is 0 Å². The van der Waals surface area contributed by atoms with Gasteiger partial charge in [-0.3, -0.25) is 0 Å². The number of rotatable bonds is 5. The summed E-state index contributed by atoms with van der Waals surface area (Å²) < 4.78 is 18.5. The van der Waals surface area contributed by atoms with E-state index in [1.54, 1.807) is 18.2 Å². The van der Waals surface area contributed by atoms with Crippen LogP contribution in [0.15, 0.2) is 42.5 Å². The summed E-state index contributed by atoms with van der Waals surface area (Å²) >= 11 is 0. The summed E-state index contributed by atoms with van der Waals surface area (Å²) in [5.74, 6) is 0.681. The van der Waals surface area contributed by atoms with Gasteiger partial charge in [-0.25, -0.2) is 4.39 Å². The summed E-state index contributed by atoms with van der Waals surface area (Å²) in [4.78, 5) is 0. The Morgan fingerprint density at radius 2 is 1.95 bits per heavy atom. The maximum Gasteiger partial charge on any atom is 0.145 e. The fraction of sp³-hybridized carbons (Fsp3) is 0.235. The first-order chi connectivity index (χ1) is 10.2. The van der Waals surface area contributed by atoms with Crippen molar-refractivity contribution < 1.29 is 9.13 Å². The van der Waals surface area contributed by atoms with E-state index in [9.17, 15) is 9.65 Å². The predicted octanol–water partition coefficient (Wildman–Crippen LogP) is 3.74. The molecule has 3 rings (SSSR count). The SMILES string of the molecule is N#Cc1cc(CNC2CC2)ccc1Oc1ccc(F)cc1. The molecule has 0 bridgehead atoms. The highest BCUT2D eigenvalue weighted by Crippen LogP contribution is 2.26. The van der Waals surface area contributed by atoms with Gasteiger partial charge in [0, 0.05) is 12.6 Å². The zero-order valence-corrected chi connectivity index (χ0v) is 11.5. The van der Waals surface area contributed by atoms with Crippen LogP contribution in [0.1, 0.15) is 24.0 Å². The summed E-state index contributed by atoms with van der Waals surface area (Å²) in [6.07, 6.45) is 2.47. The molecule has 0 unspecified atom stereocenters. The molecule has 0 radical (unpaired) electrons. The van der Waals surface area contributed by atoms with Gasteiger partial charge in [0.05, 0.1) is 5.56 Å². The number of nitrogens with one attached hydrogen (secondary N) is 1. The van der Waals surface area contributed by atoms with Crippen molar-refractivity contribution >= 4 is 0 Å². The normalized spacial score (nSPS) is 13.7. The Balaban J connectivity index is 1.74. The van der Waals surface area contributed by atoms with Crippen LogP contribution in [-0.4, -0.2) is 6.04 Å². The molecule has 0 saturated heterocycles. The van der Waals surface area contributed by atoms with Crippen LogP contribution in [0.3, 0.4) is 0 Å². The van der Waals surface area contributed by atoms with Gasteiger partial charge in [0.2, 0.25) is 0 Å². The molecule has 1 N–H and O–H groups in total. The standard InChI is InChI=1S/C17H15FN2O/c18-14-2-6-16(7-3-14)21-17-8-1-12(9-13(17)10-19)11-20-15-4-5-15/h1-3,6-9,15,20H,4-5,11H2. The quantitative estimate of drug-likeness (QED) is 0.908. The maximum atomic E-state index is 12.9. The van der Waals surface area contributed by atoms with Gasteiger partial charge in [-0.2, -0.15) is 5.26 Å². The summed E-state index contributed by atoms with van der Waals surface area (Å²) in [6.45, 7) is 0.760. The maximum absolute atomic E-state index is 12.9. The zero-order chi connectivity index (χ0) is 14.7. The third-order valence-corrected chi connectivity index (χ3v) is 3.38. The molecule has 1 aliphatic rings. The molecule has 2 aromatic rings. The minimum absolute atomic E-state index is 0.315. The van der Waals surface area contributed by atoms with Crippen LogP contribution in [0.5, 0.6) is 11.5 Å². The number of ether oxygens (including phenoxy) is 1. The number of hydrogen-bond acceptors (Lipinski definition) is 3. The van der Waals surface area contributed by atoms with Crippen LogP contribution in [0.4, 0.5) is 4.39 Å². The van der Waals surface area contributed by atoms with Gasteiger partial charge in [0.1, 0.15) is 23.4 Å². The molecule has 3 nitrogen and oxygen atoms in total. The van der Waals surface area contributed by atoms with Crippen molar-refractivity contribution in [3.05, 3.63) is 59.4 Å². The highest BCUT2D eigenvalue weighted by molar-refractivity contribution is 5.47. The molecule has 0 aromatic heterocycles. The zero-order valence-electron chi connectivity index (χ0n) is 11.5. The van der Waals surface area contributed by atoms with Crippen molar-refractivity contribution in [2.45, 2.75) is 25.4 Å². The Morgan fingerprint density at radius 3 is 2.62 bits per heavy atom. The van der Waals surface area contributed by atoms with E-state index in [-0.39, 0.29) is 5.82 Å². The largest absolute Gasteiger partial charge is 0.456 e.